The van der Waals surface area contributed by atoms with Crippen LogP contribution in [0.3, 0.4) is 0 Å². The third kappa shape index (κ3) is 2.29. The maximum Gasteiger partial charge on any atom is 0.215 e. The quantitative estimate of drug-likeness (QED) is 0.604. The molecule has 0 amide bonds. The second-order valence-corrected chi connectivity index (χ2v) is 5.20. The van der Waals surface area contributed by atoms with Gasteiger partial charge in [-0.25, -0.2) is 4.98 Å². The molecule has 20 heavy (non-hydrogen) atoms. The van der Waals surface area contributed by atoms with Crippen LogP contribution in [0.25, 0.3) is 10.8 Å². The lowest BCUT2D eigenvalue weighted by molar-refractivity contribution is 0.572. The van der Waals surface area contributed by atoms with Crippen molar-refractivity contribution < 1.29 is 4.39 Å². The maximum absolute atomic E-state index is 13.3. The number of benzene rings is 2. The Morgan fingerprint density at radius 3 is 2.45 bits per heavy atom. The lowest BCUT2D eigenvalue weighted by Gasteiger charge is -2.14. The van der Waals surface area contributed by atoms with E-state index in [9.17, 15) is 4.39 Å². The van der Waals surface area contributed by atoms with E-state index in [2.05, 4.69) is 42.2 Å². The minimum absolute atomic E-state index is 0.200. The first-order chi connectivity index (χ1) is 9.65. The number of pyridine rings is 1. The molecular formula is C18H16FN. The zero-order chi connectivity index (χ0) is 14.1. The normalized spacial score (nSPS) is 12.6. The second kappa shape index (κ2) is 5.04. The fraction of sp³-hybridized carbons (Fsp3) is 0.167. The van der Waals surface area contributed by atoms with Crippen LogP contribution in [0.15, 0.2) is 54.7 Å². The minimum Gasteiger partial charge on any atom is -0.228 e. The Balaban J connectivity index is 2.02. The van der Waals surface area contributed by atoms with Gasteiger partial charge in [0.15, 0.2) is 0 Å². The molecule has 1 aromatic heterocycles. The van der Waals surface area contributed by atoms with E-state index in [1.54, 1.807) is 13.1 Å². The molecule has 0 saturated heterocycles. The van der Waals surface area contributed by atoms with E-state index in [0.717, 1.165) is 5.56 Å². The largest absolute Gasteiger partial charge is 0.228 e. The van der Waals surface area contributed by atoms with Crippen molar-refractivity contribution in [3.05, 3.63) is 77.4 Å². The third-order valence-electron chi connectivity index (χ3n) is 3.81. The zero-order valence-corrected chi connectivity index (χ0v) is 11.6. The molecular weight excluding hydrogens is 249 g/mol. The van der Waals surface area contributed by atoms with Crippen LogP contribution in [0.4, 0.5) is 4.39 Å². The first-order valence-electron chi connectivity index (χ1n) is 6.76. The Hall–Kier alpha value is -2.22. The molecule has 0 N–H and O–H groups in total. The van der Waals surface area contributed by atoms with E-state index in [1.807, 2.05) is 18.2 Å². The number of aromatic nitrogens is 1. The van der Waals surface area contributed by atoms with Gasteiger partial charge in [-0.2, -0.15) is 4.39 Å². The highest BCUT2D eigenvalue weighted by Crippen LogP contribution is 2.27. The van der Waals surface area contributed by atoms with Crippen LogP contribution in [-0.2, 0) is 0 Å². The summed E-state index contributed by atoms with van der Waals surface area (Å²) in [5.74, 6) is -0.189. The monoisotopic (exact) mass is 265 g/mol. The minimum atomic E-state index is -0.389. The van der Waals surface area contributed by atoms with E-state index < -0.39 is 0 Å². The molecule has 0 saturated carbocycles. The van der Waals surface area contributed by atoms with Crippen LogP contribution in [0, 0.1) is 12.9 Å². The molecule has 0 aliphatic carbocycles. The van der Waals surface area contributed by atoms with Crippen molar-refractivity contribution in [3.8, 4) is 0 Å². The van der Waals surface area contributed by atoms with Gasteiger partial charge in [0.25, 0.3) is 0 Å². The summed E-state index contributed by atoms with van der Waals surface area (Å²) in [7, 11) is 0. The molecule has 2 heteroatoms. The average molecular weight is 265 g/mol. The first kappa shape index (κ1) is 12.8. The van der Waals surface area contributed by atoms with Crippen molar-refractivity contribution in [2.75, 3.05) is 0 Å². The molecule has 3 rings (SSSR count). The number of halogens is 1. The predicted octanol–water partition coefficient (Wildman–Crippen LogP) is 4.83. The lowest BCUT2D eigenvalue weighted by atomic mass is 9.92. The summed E-state index contributed by atoms with van der Waals surface area (Å²) < 4.78 is 13.3. The molecule has 0 bridgehead atoms. The third-order valence-corrected chi connectivity index (χ3v) is 3.81. The van der Waals surface area contributed by atoms with Gasteiger partial charge < -0.3 is 0 Å². The predicted molar refractivity (Wildman–Crippen MR) is 80.4 cm³/mol. The summed E-state index contributed by atoms with van der Waals surface area (Å²) in [6, 6.07) is 16.6. The SMILES string of the molecule is Cc1cc([C@H](C)c2ccc3ccccc3c2)cnc1F. The van der Waals surface area contributed by atoms with Crippen LogP contribution in [-0.4, -0.2) is 4.98 Å². The molecule has 0 aliphatic heterocycles. The molecule has 1 nitrogen and oxygen atoms in total. The van der Waals surface area contributed by atoms with E-state index in [-0.39, 0.29) is 11.9 Å². The number of hydrogen-bond donors (Lipinski definition) is 0. The lowest BCUT2D eigenvalue weighted by Crippen LogP contribution is -1.99. The van der Waals surface area contributed by atoms with Crippen LogP contribution >= 0.6 is 0 Å². The Bertz CT molecular complexity index is 764. The molecule has 0 spiro atoms. The van der Waals surface area contributed by atoms with Crippen molar-refractivity contribution in [1.82, 2.24) is 4.98 Å². The Morgan fingerprint density at radius 1 is 0.950 bits per heavy atom. The fourth-order valence-corrected chi connectivity index (χ4v) is 2.49. The van der Waals surface area contributed by atoms with Crippen molar-refractivity contribution in [2.24, 2.45) is 0 Å². The van der Waals surface area contributed by atoms with E-state index >= 15 is 0 Å². The standard InChI is InChI=1S/C18H16FN/c1-12-9-17(11-20-18(12)19)13(2)15-8-7-14-5-3-4-6-16(14)10-15/h3-11,13H,1-2H3/t13-/m1/s1. The summed E-state index contributed by atoms with van der Waals surface area (Å²) in [6.07, 6.45) is 1.63. The molecule has 2 aromatic carbocycles. The smallest absolute Gasteiger partial charge is 0.215 e. The highest BCUT2D eigenvalue weighted by Gasteiger charge is 2.11. The van der Waals surface area contributed by atoms with Gasteiger partial charge in [0.2, 0.25) is 5.95 Å². The topological polar surface area (TPSA) is 12.9 Å². The summed E-state index contributed by atoms with van der Waals surface area (Å²) >= 11 is 0. The Morgan fingerprint density at radius 2 is 1.70 bits per heavy atom. The summed E-state index contributed by atoms with van der Waals surface area (Å²) in [5.41, 5.74) is 2.85. The van der Waals surface area contributed by atoms with Gasteiger partial charge in [0.1, 0.15) is 0 Å². The van der Waals surface area contributed by atoms with Gasteiger partial charge >= 0.3 is 0 Å². The van der Waals surface area contributed by atoms with Crippen LogP contribution in [0.1, 0.15) is 29.5 Å². The van der Waals surface area contributed by atoms with Gasteiger partial charge in [-0.15, -0.1) is 0 Å². The first-order valence-corrected chi connectivity index (χ1v) is 6.76. The van der Waals surface area contributed by atoms with Gasteiger partial charge in [-0.3, -0.25) is 0 Å². The fourth-order valence-electron chi connectivity index (χ4n) is 2.49. The van der Waals surface area contributed by atoms with Gasteiger partial charge in [0, 0.05) is 17.7 Å². The van der Waals surface area contributed by atoms with Crippen LogP contribution in [0.2, 0.25) is 0 Å². The molecule has 1 atom stereocenters. The van der Waals surface area contributed by atoms with Crippen molar-refractivity contribution in [2.45, 2.75) is 19.8 Å². The summed E-state index contributed by atoms with van der Waals surface area (Å²) in [4.78, 5) is 3.82. The molecule has 3 aromatic rings. The second-order valence-electron chi connectivity index (χ2n) is 5.20. The highest BCUT2D eigenvalue weighted by atomic mass is 19.1. The summed E-state index contributed by atoms with van der Waals surface area (Å²) in [5, 5.41) is 2.46. The maximum atomic E-state index is 13.3. The molecule has 0 radical (unpaired) electrons. The van der Waals surface area contributed by atoms with Gasteiger partial charge in [0.05, 0.1) is 0 Å². The van der Waals surface area contributed by atoms with Crippen molar-refractivity contribution in [1.29, 1.82) is 0 Å². The van der Waals surface area contributed by atoms with Crippen LogP contribution in [0.5, 0.6) is 0 Å². The van der Waals surface area contributed by atoms with Crippen molar-refractivity contribution in [3.63, 3.8) is 0 Å². The Kier molecular flexibility index (Phi) is 3.23. The van der Waals surface area contributed by atoms with E-state index in [4.69, 9.17) is 0 Å². The molecule has 100 valence electrons. The average Bonchev–Trinajstić information content (AvgIpc) is 2.49. The number of aryl methyl sites for hydroxylation is 1. The molecule has 0 unspecified atom stereocenters. The number of fused-ring (bicyclic) bond motifs is 1. The van der Waals surface area contributed by atoms with E-state index in [0.29, 0.717) is 5.56 Å². The molecule has 0 fully saturated rings. The van der Waals surface area contributed by atoms with Gasteiger partial charge in [-0.05, 0) is 34.9 Å². The highest BCUT2D eigenvalue weighted by molar-refractivity contribution is 5.83. The molecule has 0 aliphatic rings. The number of hydrogen-bond acceptors (Lipinski definition) is 1. The van der Waals surface area contributed by atoms with Gasteiger partial charge in [-0.1, -0.05) is 49.4 Å². The van der Waals surface area contributed by atoms with Crippen molar-refractivity contribution >= 4 is 10.8 Å². The number of nitrogens with zero attached hydrogens (tertiary/aromatic N) is 1. The van der Waals surface area contributed by atoms with Crippen LogP contribution < -0.4 is 0 Å². The zero-order valence-electron chi connectivity index (χ0n) is 11.6. The number of rotatable bonds is 2. The Labute approximate surface area is 118 Å². The summed E-state index contributed by atoms with van der Waals surface area (Å²) in [6.45, 7) is 3.87. The molecule has 1 heterocycles. The van der Waals surface area contributed by atoms with E-state index in [1.165, 1.54) is 16.3 Å².